The summed E-state index contributed by atoms with van der Waals surface area (Å²) in [5.74, 6) is -0.146. The summed E-state index contributed by atoms with van der Waals surface area (Å²) in [5, 5.41) is 15.0. The number of carbonyl (C=O) groups excluding carboxylic acids is 2. The van der Waals surface area contributed by atoms with Crippen LogP contribution in [0.1, 0.15) is 17.3 Å². The lowest BCUT2D eigenvalue weighted by atomic mass is 10.2. The van der Waals surface area contributed by atoms with E-state index in [1.807, 2.05) is 6.92 Å². The van der Waals surface area contributed by atoms with E-state index in [-0.39, 0.29) is 23.8 Å². The van der Waals surface area contributed by atoms with E-state index in [1.165, 1.54) is 12.1 Å². The van der Waals surface area contributed by atoms with Crippen molar-refractivity contribution in [3.05, 3.63) is 54.1 Å². The van der Waals surface area contributed by atoms with Gasteiger partial charge in [0, 0.05) is 12.2 Å². The normalized spacial score (nSPS) is 9.96. The molecule has 0 unspecified atom stereocenters. The Bertz CT molecular complexity index is 683. The molecule has 0 saturated heterocycles. The van der Waals surface area contributed by atoms with Gasteiger partial charge in [-0.3, -0.25) is 9.59 Å². The van der Waals surface area contributed by atoms with E-state index in [9.17, 15) is 14.7 Å². The first-order valence-electron chi connectivity index (χ1n) is 7.19. The monoisotopic (exact) mass is 314 g/mol. The van der Waals surface area contributed by atoms with E-state index in [0.29, 0.717) is 18.0 Å². The number of nitrogens with one attached hydrogen (secondary N) is 2. The lowest BCUT2D eigenvalue weighted by molar-refractivity contribution is -0.122. The van der Waals surface area contributed by atoms with Crippen molar-refractivity contribution in [3.8, 4) is 11.5 Å². The van der Waals surface area contributed by atoms with Crippen LogP contribution in [0.4, 0.5) is 5.69 Å². The van der Waals surface area contributed by atoms with Crippen molar-refractivity contribution in [2.45, 2.75) is 6.92 Å². The Morgan fingerprint density at radius 2 is 1.78 bits per heavy atom. The first-order chi connectivity index (χ1) is 11.1. The maximum Gasteiger partial charge on any atom is 0.259 e. The van der Waals surface area contributed by atoms with Crippen LogP contribution >= 0.6 is 0 Å². The molecule has 3 N–H and O–H groups in total. The van der Waals surface area contributed by atoms with Crippen LogP contribution in [0.15, 0.2) is 48.5 Å². The second-order valence-corrected chi connectivity index (χ2v) is 4.74. The standard InChI is InChI=1S/C17H18N2O4/c1-2-18-16(21)11-23-13-9-7-12(8-10-13)19-17(22)14-5-3-4-6-15(14)20/h3-10,20H,2,11H2,1H3,(H,18,21)(H,19,22). The molecule has 0 atom stereocenters. The smallest absolute Gasteiger partial charge is 0.259 e. The minimum atomic E-state index is -0.404. The van der Waals surface area contributed by atoms with Gasteiger partial charge in [0.25, 0.3) is 11.8 Å². The summed E-state index contributed by atoms with van der Waals surface area (Å²) < 4.78 is 5.32. The molecule has 23 heavy (non-hydrogen) atoms. The maximum absolute atomic E-state index is 12.1. The molecule has 0 spiro atoms. The molecule has 0 bridgehead atoms. The zero-order chi connectivity index (χ0) is 16.7. The number of para-hydroxylation sites is 1. The highest BCUT2D eigenvalue weighted by atomic mass is 16.5. The van der Waals surface area contributed by atoms with Gasteiger partial charge in [-0.15, -0.1) is 0 Å². The number of rotatable bonds is 6. The number of amides is 2. The number of phenols is 1. The Kier molecular flexibility index (Phi) is 5.57. The highest BCUT2D eigenvalue weighted by Crippen LogP contribution is 2.19. The van der Waals surface area contributed by atoms with Crippen molar-refractivity contribution in [1.29, 1.82) is 0 Å². The molecule has 0 aliphatic heterocycles. The Morgan fingerprint density at radius 3 is 2.43 bits per heavy atom. The summed E-state index contributed by atoms with van der Waals surface area (Å²) >= 11 is 0. The quantitative estimate of drug-likeness (QED) is 0.762. The minimum absolute atomic E-state index is 0.0581. The number of anilines is 1. The molecule has 0 saturated carbocycles. The van der Waals surface area contributed by atoms with Crippen LogP contribution in [0.2, 0.25) is 0 Å². The second kappa shape index (κ2) is 7.84. The van der Waals surface area contributed by atoms with Crippen LogP contribution in [0, 0.1) is 0 Å². The Labute approximate surface area is 134 Å². The van der Waals surface area contributed by atoms with Gasteiger partial charge in [-0.1, -0.05) is 12.1 Å². The molecule has 6 heteroatoms. The fraction of sp³-hybridized carbons (Fsp3) is 0.176. The van der Waals surface area contributed by atoms with Gasteiger partial charge in [-0.2, -0.15) is 0 Å². The molecule has 0 fully saturated rings. The van der Waals surface area contributed by atoms with Gasteiger partial charge < -0.3 is 20.5 Å². The molecule has 0 heterocycles. The summed E-state index contributed by atoms with van der Waals surface area (Å²) in [4.78, 5) is 23.4. The van der Waals surface area contributed by atoms with E-state index >= 15 is 0 Å². The fourth-order valence-corrected chi connectivity index (χ4v) is 1.90. The number of carbonyl (C=O) groups is 2. The number of hydrogen-bond acceptors (Lipinski definition) is 4. The number of phenolic OH excluding ortho intramolecular Hbond substituents is 1. The Hall–Kier alpha value is -3.02. The average molecular weight is 314 g/mol. The minimum Gasteiger partial charge on any atom is -0.507 e. The van der Waals surface area contributed by atoms with Crippen molar-refractivity contribution in [3.63, 3.8) is 0 Å². The first kappa shape index (κ1) is 16.4. The highest BCUT2D eigenvalue weighted by molar-refractivity contribution is 6.06. The summed E-state index contributed by atoms with van der Waals surface area (Å²) in [7, 11) is 0. The number of ether oxygens (including phenoxy) is 1. The predicted octanol–water partition coefficient (Wildman–Crippen LogP) is 2.16. The van der Waals surface area contributed by atoms with Crippen LogP contribution in [-0.2, 0) is 4.79 Å². The zero-order valence-corrected chi connectivity index (χ0v) is 12.7. The molecule has 120 valence electrons. The largest absolute Gasteiger partial charge is 0.507 e. The Morgan fingerprint density at radius 1 is 1.09 bits per heavy atom. The number of aromatic hydroxyl groups is 1. The molecule has 0 aliphatic rings. The molecule has 0 aliphatic carbocycles. The molecule has 6 nitrogen and oxygen atoms in total. The van der Waals surface area contributed by atoms with Crippen molar-refractivity contribution in [1.82, 2.24) is 5.32 Å². The van der Waals surface area contributed by atoms with Crippen LogP contribution in [0.5, 0.6) is 11.5 Å². The van der Waals surface area contributed by atoms with Crippen LogP contribution in [-0.4, -0.2) is 30.1 Å². The second-order valence-electron chi connectivity index (χ2n) is 4.74. The van der Waals surface area contributed by atoms with Gasteiger partial charge in [0.1, 0.15) is 11.5 Å². The van der Waals surface area contributed by atoms with Crippen molar-refractivity contribution in [2.75, 3.05) is 18.5 Å². The summed E-state index contributed by atoms with van der Waals surface area (Å²) in [6.45, 7) is 2.33. The predicted molar refractivity (Wildman–Crippen MR) is 86.7 cm³/mol. The van der Waals surface area contributed by atoms with Gasteiger partial charge in [-0.25, -0.2) is 0 Å². The number of hydrogen-bond donors (Lipinski definition) is 3. The fourth-order valence-electron chi connectivity index (χ4n) is 1.90. The molecule has 2 aromatic carbocycles. The van der Waals surface area contributed by atoms with E-state index in [2.05, 4.69) is 10.6 Å². The SMILES string of the molecule is CCNC(=O)COc1ccc(NC(=O)c2ccccc2O)cc1. The van der Waals surface area contributed by atoms with Crippen LogP contribution in [0.25, 0.3) is 0 Å². The first-order valence-corrected chi connectivity index (χ1v) is 7.19. The van der Waals surface area contributed by atoms with E-state index in [1.54, 1.807) is 36.4 Å². The topological polar surface area (TPSA) is 87.7 Å². The van der Waals surface area contributed by atoms with Gasteiger partial charge in [0.2, 0.25) is 0 Å². The van der Waals surface area contributed by atoms with Gasteiger partial charge >= 0.3 is 0 Å². The summed E-state index contributed by atoms with van der Waals surface area (Å²) in [6.07, 6.45) is 0. The average Bonchev–Trinajstić information content (AvgIpc) is 2.55. The van der Waals surface area contributed by atoms with E-state index in [4.69, 9.17) is 4.74 Å². The molecular formula is C17H18N2O4. The number of likely N-dealkylation sites (N-methyl/N-ethyl adjacent to an activating group) is 1. The Balaban J connectivity index is 1.93. The van der Waals surface area contributed by atoms with Crippen molar-refractivity contribution >= 4 is 17.5 Å². The third-order valence-corrected chi connectivity index (χ3v) is 3.00. The van der Waals surface area contributed by atoms with Crippen LogP contribution < -0.4 is 15.4 Å². The molecule has 2 rings (SSSR count). The molecule has 2 aromatic rings. The molecule has 0 radical (unpaired) electrons. The lowest BCUT2D eigenvalue weighted by Gasteiger charge is -2.09. The third kappa shape index (κ3) is 4.74. The highest BCUT2D eigenvalue weighted by Gasteiger charge is 2.10. The molecule has 2 amide bonds. The van der Waals surface area contributed by atoms with Gasteiger partial charge in [0.15, 0.2) is 6.61 Å². The maximum atomic E-state index is 12.1. The van der Waals surface area contributed by atoms with Crippen molar-refractivity contribution in [2.24, 2.45) is 0 Å². The molecule has 0 aromatic heterocycles. The van der Waals surface area contributed by atoms with Gasteiger partial charge in [0.05, 0.1) is 5.56 Å². The number of benzene rings is 2. The summed E-state index contributed by atoms with van der Waals surface area (Å²) in [6, 6.07) is 12.9. The van der Waals surface area contributed by atoms with E-state index < -0.39 is 5.91 Å². The zero-order valence-electron chi connectivity index (χ0n) is 12.7. The van der Waals surface area contributed by atoms with E-state index in [0.717, 1.165) is 0 Å². The van der Waals surface area contributed by atoms with Crippen molar-refractivity contribution < 1.29 is 19.4 Å². The van der Waals surface area contributed by atoms with Gasteiger partial charge in [-0.05, 0) is 43.3 Å². The molecular weight excluding hydrogens is 296 g/mol. The third-order valence-electron chi connectivity index (χ3n) is 3.00. The summed E-state index contributed by atoms with van der Waals surface area (Å²) in [5.41, 5.74) is 0.757. The lowest BCUT2D eigenvalue weighted by Crippen LogP contribution is -2.28. The van der Waals surface area contributed by atoms with Crippen LogP contribution in [0.3, 0.4) is 0 Å².